The van der Waals surface area contributed by atoms with Crippen molar-refractivity contribution in [3.8, 4) is 0 Å². The van der Waals surface area contributed by atoms with Gasteiger partial charge in [0, 0.05) is 18.8 Å². The smallest absolute Gasteiger partial charge is 0.321 e. The second kappa shape index (κ2) is 5.55. The van der Waals surface area contributed by atoms with Gasteiger partial charge in [-0.2, -0.15) is 15.0 Å². The van der Waals surface area contributed by atoms with Gasteiger partial charge in [-0.25, -0.2) is 4.79 Å². The molecular weight excluding hydrogens is 266 g/mol. The minimum atomic E-state index is -0.0621. The number of rotatable bonds is 2. The second-order valence-electron chi connectivity index (χ2n) is 5.47. The Morgan fingerprint density at radius 2 is 2.00 bits per heavy atom. The fraction of sp³-hybridized carbons (Fsp3) is 0.400. The fourth-order valence-corrected chi connectivity index (χ4v) is 2.55. The van der Waals surface area contributed by atoms with E-state index >= 15 is 0 Å². The lowest BCUT2D eigenvalue weighted by Crippen LogP contribution is -2.33. The minimum absolute atomic E-state index is 0.0621. The van der Waals surface area contributed by atoms with Crippen molar-refractivity contribution in [2.45, 2.75) is 26.3 Å². The van der Waals surface area contributed by atoms with E-state index in [0.29, 0.717) is 6.54 Å². The van der Waals surface area contributed by atoms with E-state index < -0.39 is 0 Å². The Morgan fingerprint density at radius 3 is 2.71 bits per heavy atom. The van der Waals surface area contributed by atoms with E-state index in [1.54, 1.807) is 17.2 Å². The molecule has 2 heterocycles. The quantitative estimate of drug-likeness (QED) is 0.921. The highest BCUT2D eigenvalue weighted by atomic mass is 16.2. The predicted molar refractivity (Wildman–Crippen MR) is 80.2 cm³/mol. The van der Waals surface area contributed by atoms with Crippen molar-refractivity contribution in [2.24, 2.45) is 0 Å². The molecule has 2 aromatic rings. The van der Waals surface area contributed by atoms with Gasteiger partial charge >= 0.3 is 6.03 Å². The molecule has 6 heteroatoms. The maximum Gasteiger partial charge on any atom is 0.321 e. The Balaban J connectivity index is 1.62. The minimum Gasteiger partial charge on any atom is -0.322 e. The first-order chi connectivity index (χ1) is 10.1. The first-order valence-corrected chi connectivity index (χ1v) is 7.12. The van der Waals surface area contributed by atoms with E-state index in [0.717, 1.165) is 18.7 Å². The Labute approximate surface area is 123 Å². The second-order valence-corrected chi connectivity index (χ2v) is 5.47. The van der Waals surface area contributed by atoms with E-state index in [1.165, 1.54) is 11.1 Å². The summed E-state index contributed by atoms with van der Waals surface area (Å²) in [4.78, 5) is 15.8. The first-order valence-electron chi connectivity index (χ1n) is 7.12. The van der Waals surface area contributed by atoms with Gasteiger partial charge in [0.2, 0.25) is 0 Å². The number of hydrogen-bond donors (Lipinski definition) is 1. The van der Waals surface area contributed by atoms with Gasteiger partial charge in [0.1, 0.15) is 0 Å². The monoisotopic (exact) mass is 285 g/mol. The molecule has 1 unspecified atom stereocenters. The van der Waals surface area contributed by atoms with Crippen LogP contribution in [0.4, 0.5) is 10.5 Å². The lowest BCUT2D eigenvalue weighted by molar-refractivity contribution is 0.220. The van der Waals surface area contributed by atoms with Crippen LogP contribution in [0, 0.1) is 13.8 Å². The number of hydrogen-bond acceptors (Lipinski definition) is 3. The third kappa shape index (κ3) is 2.89. The lowest BCUT2D eigenvalue weighted by atomic mass is 10.1. The van der Waals surface area contributed by atoms with Gasteiger partial charge in [0.15, 0.2) is 0 Å². The number of likely N-dealkylation sites (tertiary alicyclic amines) is 1. The Hall–Kier alpha value is -2.37. The molecule has 0 aliphatic carbocycles. The fourth-order valence-electron chi connectivity index (χ4n) is 2.55. The highest BCUT2D eigenvalue weighted by Gasteiger charge is 2.28. The molecule has 2 amide bonds. The number of nitrogens with zero attached hydrogens (tertiary/aromatic N) is 4. The van der Waals surface area contributed by atoms with Gasteiger partial charge in [-0.05, 0) is 43.5 Å². The van der Waals surface area contributed by atoms with Gasteiger partial charge in [-0.3, -0.25) is 0 Å². The summed E-state index contributed by atoms with van der Waals surface area (Å²) < 4.78 is 0. The normalized spacial score (nSPS) is 18.0. The van der Waals surface area contributed by atoms with Crippen molar-refractivity contribution >= 4 is 11.7 Å². The number of aromatic nitrogens is 3. The van der Waals surface area contributed by atoms with Crippen LogP contribution in [-0.4, -0.2) is 39.0 Å². The number of benzene rings is 1. The van der Waals surface area contributed by atoms with Crippen LogP contribution in [0.5, 0.6) is 0 Å². The molecule has 1 aliphatic heterocycles. The molecular formula is C15H19N5O. The van der Waals surface area contributed by atoms with Gasteiger partial charge < -0.3 is 10.2 Å². The number of aryl methyl sites for hydroxylation is 2. The maximum atomic E-state index is 12.3. The average Bonchev–Trinajstić information content (AvgIpc) is 3.12. The summed E-state index contributed by atoms with van der Waals surface area (Å²) in [6, 6.07) is 6.06. The SMILES string of the molecule is Cc1ccc(NC(=O)N2CCC(n3nccn3)C2)cc1C. The molecule has 0 spiro atoms. The zero-order valence-corrected chi connectivity index (χ0v) is 12.3. The third-order valence-corrected chi connectivity index (χ3v) is 3.97. The number of carbonyl (C=O) groups is 1. The number of anilines is 1. The summed E-state index contributed by atoms with van der Waals surface area (Å²) in [6.07, 6.45) is 4.21. The number of amides is 2. The molecule has 1 fully saturated rings. The molecule has 1 saturated heterocycles. The van der Waals surface area contributed by atoms with Crippen LogP contribution in [-0.2, 0) is 0 Å². The molecule has 0 radical (unpaired) electrons. The van der Waals surface area contributed by atoms with Crippen LogP contribution in [0.3, 0.4) is 0 Å². The topological polar surface area (TPSA) is 63.1 Å². The van der Waals surface area contributed by atoms with E-state index in [1.807, 2.05) is 30.0 Å². The summed E-state index contributed by atoms with van der Waals surface area (Å²) in [7, 11) is 0. The number of urea groups is 1. The van der Waals surface area contributed by atoms with Crippen molar-refractivity contribution in [3.05, 3.63) is 41.7 Å². The van der Waals surface area contributed by atoms with Crippen LogP contribution in [0.15, 0.2) is 30.6 Å². The van der Waals surface area contributed by atoms with E-state index in [9.17, 15) is 4.79 Å². The molecule has 0 bridgehead atoms. The molecule has 1 aromatic heterocycles. The molecule has 1 N–H and O–H groups in total. The molecule has 3 rings (SSSR count). The zero-order chi connectivity index (χ0) is 14.8. The molecule has 21 heavy (non-hydrogen) atoms. The summed E-state index contributed by atoms with van der Waals surface area (Å²) in [5.74, 6) is 0. The molecule has 1 aromatic carbocycles. The van der Waals surface area contributed by atoms with Crippen LogP contribution < -0.4 is 5.32 Å². The summed E-state index contributed by atoms with van der Waals surface area (Å²) in [6.45, 7) is 5.47. The summed E-state index contributed by atoms with van der Waals surface area (Å²) in [5.41, 5.74) is 3.23. The van der Waals surface area contributed by atoms with Crippen molar-refractivity contribution in [1.29, 1.82) is 0 Å². The Bertz CT molecular complexity index is 638. The highest BCUT2D eigenvalue weighted by Crippen LogP contribution is 2.21. The van der Waals surface area contributed by atoms with Crippen molar-refractivity contribution in [2.75, 3.05) is 18.4 Å². The predicted octanol–water partition coefficient (Wildman–Crippen LogP) is 2.37. The van der Waals surface area contributed by atoms with Crippen molar-refractivity contribution in [3.63, 3.8) is 0 Å². The maximum absolute atomic E-state index is 12.3. The molecule has 110 valence electrons. The molecule has 0 saturated carbocycles. The largest absolute Gasteiger partial charge is 0.322 e. The van der Waals surface area contributed by atoms with Crippen LogP contribution in [0.2, 0.25) is 0 Å². The van der Waals surface area contributed by atoms with Crippen molar-refractivity contribution in [1.82, 2.24) is 19.9 Å². The first kappa shape index (κ1) is 13.6. The average molecular weight is 285 g/mol. The van der Waals surface area contributed by atoms with Crippen LogP contribution in [0.1, 0.15) is 23.6 Å². The van der Waals surface area contributed by atoms with Gasteiger partial charge in [0.25, 0.3) is 0 Å². The molecule has 1 atom stereocenters. The van der Waals surface area contributed by atoms with E-state index in [4.69, 9.17) is 0 Å². The van der Waals surface area contributed by atoms with Gasteiger partial charge in [-0.1, -0.05) is 6.07 Å². The van der Waals surface area contributed by atoms with Crippen LogP contribution >= 0.6 is 0 Å². The zero-order valence-electron chi connectivity index (χ0n) is 12.3. The third-order valence-electron chi connectivity index (χ3n) is 3.97. The number of nitrogens with one attached hydrogen (secondary N) is 1. The lowest BCUT2D eigenvalue weighted by Gasteiger charge is -2.17. The highest BCUT2D eigenvalue weighted by molar-refractivity contribution is 5.89. The number of carbonyl (C=O) groups excluding carboxylic acids is 1. The standard InChI is InChI=1S/C15H19N5O/c1-11-3-4-13(9-12(11)2)18-15(21)19-8-5-14(10-19)20-16-6-7-17-20/h3-4,6-7,9,14H,5,8,10H2,1-2H3,(H,18,21). The van der Waals surface area contributed by atoms with Crippen molar-refractivity contribution < 1.29 is 4.79 Å². The Kier molecular flexibility index (Phi) is 3.60. The molecule has 1 aliphatic rings. The van der Waals surface area contributed by atoms with Crippen LogP contribution in [0.25, 0.3) is 0 Å². The summed E-state index contributed by atoms with van der Waals surface area (Å²) in [5, 5.41) is 11.2. The Morgan fingerprint density at radius 1 is 1.24 bits per heavy atom. The van der Waals surface area contributed by atoms with E-state index in [2.05, 4.69) is 22.4 Å². The van der Waals surface area contributed by atoms with Gasteiger partial charge in [0.05, 0.1) is 18.4 Å². The van der Waals surface area contributed by atoms with Gasteiger partial charge in [-0.15, -0.1) is 0 Å². The summed E-state index contributed by atoms with van der Waals surface area (Å²) >= 11 is 0. The molecule has 6 nitrogen and oxygen atoms in total. The van der Waals surface area contributed by atoms with E-state index in [-0.39, 0.29) is 12.1 Å².